The average molecular weight is 222 g/mol. The van der Waals surface area contributed by atoms with Gasteiger partial charge in [0.2, 0.25) is 0 Å². The molecule has 15 heavy (non-hydrogen) atoms. The Morgan fingerprint density at radius 2 is 2.00 bits per heavy atom. The second-order valence-corrected chi connectivity index (χ2v) is 3.55. The van der Waals surface area contributed by atoms with Crippen LogP contribution in [0.5, 0.6) is 0 Å². The van der Waals surface area contributed by atoms with E-state index in [4.69, 9.17) is 5.26 Å². The highest BCUT2D eigenvalue weighted by atomic mass is 19.4. The second-order valence-electron chi connectivity index (χ2n) is 3.55. The number of hydrogen-bond acceptors (Lipinski definition) is 2. The molecule has 0 spiro atoms. The lowest BCUT2D eigenvalue weighted by atomic mass is 10.2. The van der Waals surface area contributed by atoms with Gasteiger partial charge in [0.1, 0.15) is 0 Å². The molecule has 0 fully saturated rings. The van der Waals surface area contributed by atoms with E-state index in [0.29, 0.717) is 4.90 Å². The molecule has 3 nitrogen and oxygen atoms in total. The van der Waals surface area contributed by atoms with Crippen LogP contribution >= 0.6 is 0 Å². The molecule has 1 amide bonds. The zero-order valence-electron chi connectivity index (χ0n) is 8.64. The van der Waals surface area contributed by atoms with E-state index < -0.39 is 12.1 Å². The van der Waals surface area contributed by atoms with Crippen LogP contribution in [0.1, 0.15) is 20.3 Å². The van der Waals surface area contributed by atoms with Crippen molar-refractivity contribution in [3.63, 3.8) is 0 Å². The molecule has 0 saturated carbocycles. The van der Waals surface area contributed by atoms with Gasteiger partial charge in [-0.3, -0.25) is 4.79 Å². The van der Waals surface area contributed by atoms with Gasteiger partial charge in [-0.2, -0.15) is 18.4 Å². The van der Waals surface area contributed by atoms with E-state index in [1.807, 2.05) is 0 Å². The predicted octanol–water partition coefficient (Wildman–Crippen LogP) is 1.95. The molecule has 0 saturated heterocycles. The van der Waals surface area contributed by atoms with E-state index in [1.165, 1.54) is 0 Å². The van der Waals surface area contributed by atoms with Crippen LogP contribution in [-0.2, 0) is 4.79 Å². The summed E-state index contributed by atoms with van der Waals surface area (Å²) in [6.45, 7) is 3.26. The van der Waals surface area contributed by atoms with Crippen molar-refractivity contribution in [2.45, 2.75) is 26.4 Å². The average Bonchev–Trinajstić information content (AvgIpc) is 2.09. The summed E-state index contributed by atoms with van der Waals surface area (Å²) in [7, 11) is 0. The third kappa shape index (κ3) is 5.25. The van der Waals surface area contributed by atoms with Gasteiger partial charge in [-0.05, 0) is 5.92 Å². The molecule has 0 heterocycles. The molecular formula is C9H13F3N2O. The summed E-state index contributed by atoms with van der Waals surface area (Å²) in [4.78, 5) is 11.6. The Morgan fingerprint density at radius 1 is 1.47 bits per heavy atom. The minimum atomic E-state index is -4.86. The maximum absolute atomic E-state index is 12.1. The summed E-state index contributed by atoms with van der Waals surface area (Å²) in [5, 5.41) is 8.26. The van der Waals surface area contributed by atoms with Crippen LogP contribution < -0.4 is 0 Å². The lowest BCUT2D eigenvalue weighted by Gasteiger charge is -2.24. The molecule has 0 aromatic carbocycles. The van der Waals surface area contributed by atoms with Crippen LogP contribution in [0.25, 0.3) is 0 Å². The van der Waals surface area contributed by atoms with Crippen LogP contribution in [0.4, 0.5) is 13.2 Å². The Labute approximate surface area is 86.5 Å². The maximum atomic E-state index is 12.1. The maximum Gasteiger partial charge on any atom is 0.471 e. The van der Waals surface area contributed by atoms with Crippen LogP contribution in [0.3, 0.4) is 0 Å². The highest BCUT2D eigenvalue weighted by Crippen LogP contribution is 2.19. The number of halogens is 3. The largest absolute Gasteiger partial charge is 0.471 e. The standard InChI is InChI=1S/C9H13F3N2O/c1-7(2)6-14(5-3-4-13)8(15)9(10,11)12/h7H,3,5-6H2,1-2H3. The SMILES string of the molecule is CC(C)CN(CCC#N)C(=O)C(F)(F)F. The predicted molar refractivity (Wildman–Crippen MR) is 47.7 cm³/mol. The van der Waals surface area contributed by atoms with E-state index in [0.717, 1.165) is 0 Å². The van der Waals surface area contributed by atoms with Gasteiger partial charge in [-0.25, -0.2) is 0 Å². The van der Waals surface area contributed by atoms with E-state index in [-0.39, 0.29) is 25.4 Å². The fourth-order valence-electron chi connectivity index (χ4n) is 1.08. The van der Waals surface area contributed by atoms with E-state index in [2.05, 4.69) is 0 Å². The van der Waals surface area contributed by atoms with Crippen molar-refractivity contribution >= 4 is 5.91 Å². The number of carbonyl (C=O) groups excluding carboxylic acids is 1. The molecule has 0 bridgehead atoms. The number of hydrogen-bond donors (Lipinski definition) is 0. The van der Waals surface area contributed by atoms with Crippen LogP contribution in [0.2, 0.25) is 0 Å². The van der Waals surface area contributed by atoms with E-state index in [9.17, 15) is 18.0 Å². The van der Waals surface area contributed by atoms with Crippen molar-refractivity contribution in [1.29, 1.82) is 5.26 Å². The normalized spacial score (nSPS) is 11.3. The summed E-state index contributed by atoms with van der Waals surface area (Å²) >= 11 is 0. The summed E-state index contributed by atoms with van der Waals surface area (Å²) < 4.78 is 36.3. The molecule has 0 aromatic rings. The van der Waals surface area contributed by atoms with Crippen LogP contribution in [0.15, 0.2) is 0 Å². The zero-order chi connectivity index (χ0) is 12.1. The number of amides is 1. The third-order valence-electron chi connectivity index (χ3n) is 1.61. The van der Waals surface area contributed by atoms with E-state index >= 15 is 0 Å². The van der Waals surface area contributed by atoms with Gasteiger partial charge in [-0.1, -0.05) is 13.8 Å². The molecule has 0 N–H and O–H groups in total. The van der Waals surface area contributed by atoms with Gasteiger partial charge in [0.25, 0.3) is 0 Å². The van der Waals surface area contributed by atoms with Crippen molar-refractivity contribution in [3.05, 3.63) is 0 Å². The van der Waals surface area contributed by atoms with Gasteiger partial charge in [-0.15, -0.1) is 0 Å². The minimum absolute atomic E-state index is 0.0139. The molecule has 0 atom stereocenters. The van der Waals surface area contributed by atoms with Gasteiger partial charge >= 0.3 is 12.1 Å². The number of rotatable bonds is 4. The van der Waals surface area contributed by atoms with Crippen molar-refractivity contribution in [2.24, 2.45) is 5.92 Å². The number of carbonyl (C=O) groups is 1. The molecule has 0 aliphatic carbocycles. The van der Waals surface area contributed by atoms with Crippen molar-refractivity contribution in [2.75, 3.05) is 13.1 Å². The first kappa shape index (κ1) is 13.8. The number of nitriles is 1. The van der Waals surface area contributed by atoms with Gasteiger partial charge < -0.3 is 4.90 Å². The molecule has 0 aromatic heterocycles. The molecule has 0 aliphatic rings. The van der Waals surface area contributed by atoms with Crippen LogP contribution in [0, 0.1) is 17.2 Å². The fraction of sp³-hybridized carbons (Fsp3) is 0.778. The smallest absolute Gasteiger partial charge is 0.334 e. The Kier molecular flexibility index (Phi) is 5.12. The highest BCUT2D eigenvalue weighted by molar-refractivity contribution is 5.81. The topological polar surface area (TPSA) is 44.1 Å². The van der Waals surface area contributed by atoms with Gasteiger partial charge in [0, 0.05) is 13.1 Å². The van der Waals surface area contributed by atoms with Gasteiger partial charge in [0.15, 0.2) is 0 Å². The third-order valence-corrected chi connectivity index (χ3v) is 1.61. The molecule has 86 valence electrons. The molecule has 0 rings (SSSR count). The summed E-state index contributed by atoms with van der Waals surface area (Å²) in [6.07, 6.45) is -4.95. The lowest BCUT2D eigenvalue weighted by Crippen LogP contribution is -2.43. The molecule has 6 heteroatoms. The Hall–Kier alpha value is -1.25. The lowest BCUT2D eigenvalue weighted by molar-refractivity contribution is -0.185. The first-order valence-corrected chi connectivity index (χ1v) is 4.52. The Morgan fingerprint density at radius 3 is 2.33 bits per heavy atom. The molecule has 0 radical (unpaired) electrons. The number of alkyl halides is 3. The van der Waals surface area contributed by atoms with Crippen molar-refractivity contribution < 1.29 is 18.0 Å². The summed E-state index contributed by atoms with van der Waals surface area (Å²) in [5.74, 6) is -1.93. The second kappa shape index (κ2) is 5.59. The van der Waals surface area contributed by atoms with E-state index in [1.54, 1.807) is 19.9 Å². The van der Waals surface area contributed by atoms with Crippen molar-refractivity contribution in [1.82, 2.24) is 4.90 Å². The molecule has 0 aliphatic heterocycles. The summed E-state index contributed by atoms with van der Waals surface area (Å²) in [6, 6.07) is 1.72. The first-order chi connectivity index (χ1) is 6.79. The molecule has 0 unspecified atom stereocenters. The monoisotopic (exact) mass is 222 g/mol. The van der Waals surface area contributed by atoms with Crippen LogP contribution in [-0.4, -0.2) is 30.1 Å². The zero-order valence-corrected chi connectivity index (χ0v) is 8.64. The van der Waals surface area contributed by atoms with Crippen molar-refractivity contribution in [3.8, 4) is 6.07 Å². The first-order valence-electron chi connectivity index (χ1n) is 4.52. The van der Waals surface area contributed by atoms with Gasteiger partial charge in [0.05, 0.1) is 12.5 Å². The fourth-order valence-corrected chi connectivity index (χ4v) is 1.08. The Balaban J connectivity index is 4.49. The molecular weight excluding hydrogens is 209 g/mol. The Bertz CT molecular complexity index is 255. The number of nitrogens with zero attached hydrogens (tertiary/aromatic N) is 2. The summed E-state index contributed by atoms with van der Waals surface area (Å²) in [5.41, 5.74) is 0. The minimum Gasteiger partial charge on any atom is -0.334 e. The quantitative estimate of drug-likeness (QED) is 0.729. The highest BCUT2D eigenvalue weighted by Gasteiger charge is 2.42.